The molecule has 112 valence electrons. The molecule has 0 aromatic carbocycles. The molecule has 0 unspecified atom stereocenters. The van der Waals surface area contributed by atoms with Crippen molar-refractivity contribution in [3.63, 3.8) is 0 Å². The van der Waals surface area contributed by atoms with Crippen LogP contribution in [0.4, 0.5) is 24.9 Å². The first-order valence-electron chi connectivity index (χ1n) is 5.69. The number of likely N-dealkylation sites (N-methyl/N-ethyl adjacent to an activating group) is 1. The molecule has 6 nitrogen and oxygen atoms in total. The first-order chi connectivity index (χ1) is 9.11. The van der Waals surface area contributed by atoms with E-state index in [9.17, 15) is 18.0 Å². The number of rotatable bonds is 4. The average molecular weight is 291 g/mol. The van der Waals surface area contributed by atoms with E-state index in [1.807, 2.05) is 0 Å². The van der Waals surface area contributed by atoms with Gasteiger partial charge in [0, 0.05) is 34.3 Å². The van der Waals surface area contributed by atoms with Crippen molar-refractivity contribution in [1.82, 2.24) is 14.9 Å². The van der Waals surface area contributed by atoms with Crippen LogP contribution in [0.25, 0.3) is 0 Å². The third-order valence-electron chi connectivity index (χ3n) is 2.36. The van der Waals surface area contributed by atoms with E-state index in [4.69, 9.17) is 0 Å². The van der Waals surface area contributed by atoms with Gasteiger partial charge in [-0.1, -0.05) is 0 Å². The van der Waals surface area contributed by atoms with Gasteiger partial charge in [-0.3, -0.25) is 4.79 Å². The molecule has 20 heavy (non-hydrogen) atoms. The summed E-state index contributed by atoms with van der Waals surface area (Å²) in [7, 11) is 6.22. The SMILES string of the molecule is CN(C)C(=O)CNc1nc(N(C)C)cc(C(F)(F)F)n1. The smallest absolute Gasteiger partial charge is 0.363 e. The lowest BCUT2D eigenvalue weighted by Gasteiger charge is -2.16. The first kappa shape index (κ1) is 16.0. The number of amides is 1. The third-order valence-corrected chi connectivity index (χ3v) is 2.36. The molecular weight excluding hydrogens is 275 g/mol. The van der Waals surface area contributed by atoms with Gasteiger partial charge in [0.1, 0.15) is 5.82 Å². The summed E-state index contributed by atoms with van der Waals surface area (Å²) in [6.07, 6.45) is -4.57. The van der Waals surface area contributed by atoms with Crippen LogP contribution in [0.2, 0.25) is 0 Å². The second kappa shape index (κ2) is 5.93. The number of carbonyl (C=O) groups excluding carboxylic acids is 1. The van der Waals surface area contributed by atoms with Gasteiger partial charge in [-0.15, -0.1) is 0 Å². The van der Waals surface area contributed by atoms with E-state index < -0.39 is 11.9 Å². The van der Waals surface area contributed by atoms with E-state index in [0.717, 1.165) is 6.07 Å². The summed E-state index contributed by atoms with van der Waals surface area (Å²) in [4.78, 5) is 21.4. The quantitative estimate of drug-likeness (QED) is 0.899. The highest BCUT2D eigenvalue weighted by molar-refractivity contribution is 5.79. The highest BCUT2D eigenvalue weighted by atomic mass is 19.4. The fourth-order valence-corrected chi connectivity index (χ4v) is 1.20. The van der Waals surface area contributed by atoms with Crippen molar-refractivity contribution in [2.75, 3.05) is 45.0 Å². The number of halogens is 3. The van der Waals surface area contributed by atoms with Crippen LogP contribution in [-0.2, 0) is 11.0 Å². The summed E-state index contributed by atoms with van der Waals surface area (Å²) < 4.78 is 38.2. The maximum atomic E-state index is 12.7. The molecule has 0 aliphatic rings. The molecule has 1 N–H and O–H groups in total. The van der Waals surface area contributed by atoms with Crippen LogP contribution >= 0.6 is 0 Å². The molecule has 0 aliphatic carbocycles. The summed E-state index contributed by atoms with van der Waals surface area (Å²) in [5.74, 6) is -0.428. The van der Waals surface area contributed by atoms with Crippen LogP contribution in [0, 0.1) is 0 Å². The van der Waals surface area contributed by atoms with Gasteiger partial charge >= 0.3 is 6.18 Å². The minimum atomic E-state index is -4.57. The highest BCUT2D eigenvalue weighted by Crippen LogP contribution is 2.30. The zero-order chi connectivity index (χ0) is 15.5. The molecule has 0 saturated carbocycles. The Morgan fingerprint density at radius 3 is 2.30 bits per heavy atom. The number of alkyl halides is 3. The molecule has 0 atom stereocenters. The molecule has 9 heteroatoms. The van der Waals surface area contributed by atoms with E-state index in [-0.39, 0.29) is 24.2 Å². The molecule has 0 spiro atoms. The third kappa shape index (κ3) is 4.25. The van der Waals surface area contributed by atoms with Crippen molar-refractivity contribution in [3.05, 3.63) is 11.8 Å². The van der Waals surface area contributed by atoms with Crippen molar-refractivity contribution >= 4 is 17.7 Å². The molecular formula is C11H16F3N5O. The molecule has 1 amide bonds. The van der Waals surface area contributed by atoms with Crippen LogP contribution in [0.3, 0.4) is 0 Å². The number of aromatic nitrogens is 2. The van der Waals surface area contributed by atoms with Crippen molar-refractivity contribution in [3.8, 4) is 0 Å². The summed E-state index contributed by atoms with van der Waals surface area (Å²) in [5.41, 5.74) is -1.06. The van der Waals surface area contributed by atoms with Crippen molar-refractivity contribution in [1.29, 1.82) is 0 Å². The second-order valence-corrected chi connectivity index (χ2v) is 4.47. The molecule has 1 aromatic heterocycles. The number of hydrogen-bond donors (Lipinski definition) is 1. The first-order valence-corrected chi connectivity index (χ1v) is 5.69. The van der Waals surface area contributed by atoms with Crippen LogP contribution in [0.5, 0.6) is 0 Å². The zero-order valence-electron chi connectivity index (χ0n) is 11.6. The van der Waals surface area contributed by atoms with Gasteiger partial charge in [-0.25, -0.2) is 4.98 Å². The van der Waals surface area contributed by atoms with Crippen LogP contribution in [0.1, 0.15) is 5.69 Å². The largest absolute Gasteiger partial charge is 0.433 e. The fraction of sp³-hybridized carbons (Fsp3) is 0.545. The van der Waals surface area contributed by atoms with Gasteiger partial charge in [0.05, 0.1) is 6.54 Å². The number of anilines is 2. The molecule has 0 radical (unpaired) electrons. The molecule has 0 saturated heterocycles. The van der Waals surface area contributed by atoms with Crippen molar-refractivity contribution < 1.29 is 18.0 Å². The van der Waals surface area contributed by atoms with Gasteiger partial charge in [0.15, 0.2) is 5.69 Å². The number of nitrogens with one attached hydrogen (secondary N) is 1. The summed E-state index contributed by atoms with van der Waals surface area (Å²) in [5, 5.41) is 2.49. The molecule has 1 aromatic rings. The lowest BCUT2D eigenvalue weighted by atomic mass is 10.3. The molecule has 1 rings (SSSR count). The van der Waals surface area contributed by atoms with Gasteiger partial charge < -0.3 is 15.1 Å². The van der Waals surface area contributed by atoms with Gasteiger partial charge in [-0.05, 0) is 0 Å². The monoisotopic (exact) mass is 291 g/mol. The fourth-order valence-electron chi connectivity index (χ4n) is 1.20. The molecule has 1 heterocycles. The van der Waals surface area contributed by atoms with Crippen LogP contribution in [0.15, 0.2) is 6.07 Å². The predicted molar refractivity (Wildman–Crippen MR) is 68.5 cm³/mol. The topological polar surface area (TPSA) is 61.4 Å². The van der Waals surface area contributed by atoms with Crippen molar-refractivity contribution in [2.45, 2.75) is 6.18 Å². The van der Waals surface area contributed by atoms with Crippen LogP contribution < -0.4 is 10.2 Å². The zero-order valence-corrected chi connectivity index (χ0v) is 11.6. The van der Waals surface area contributed by atoms with E-state index in [1.165, 1.54) is 9.80 Å². The maximum Gasteiger partial charge on any atom is 0.433 e. The molecule has 0 aliphatic heterocycles. The van der Waals surface area contributed by atoms with Crippen molar-refractivity contribution in [2.24, 2.45) is 0 Å². The Balaban J connectivity index is 3.01. The number of hydrogen-bond acceptors (Lipinski definition) is 5. The normalized spacial score (nSPS) is 11.2. The minimum absolute atomic E-state index is 0.104. The van der Waals surface area contributed by atoms with Crippen LogP contribution in [-0.4, -0.2) is 55.5 Å². The lowest BCUT2D eigenvalue weighted by Crippen LogP contribution is -2.29. The highest BCUT2D eigenvalue weighted by Gasteiger charge is 2.34. The number of nitrogens with zero attached hydrogens (tertiary/aromatic N) is 4. The number of carbonyl (C=O) groups is 1. The van der Waals surface area contributed by atoms with Gasteiger partial charge in [-0.2, -0.15) is 18.2 Å². The Hall–Kier alpha value is -2.06. The summed E-state index contributed by atoms with van der Waals surface area (Å²) >= 11 is 0. The van der Waals surface area contributed by atoms with E-state index >= 15 is 0 Å². The Morgan fingerprint density at radius 2 is 1.85 bits per heavy atom. The van der Waals surface area contributed by atoms with Gasteiger partial charge in [0.2, 0.25) is 11.9 Å². The average Bonchev–Trinajstić information content (AvgIpc) is 2.34. The summed E-state index contributed by atoms with van der Waals surface area (Å²) in [6, 6.07) is 0.846. The Bertz CT molecular complexity index is 487. The molecule has 0 fully saturated rings. The van der Waals surface area contributed by atoms with E-state index in [1.54, 1.807) is 28.2 Å². The molecule has 0 bridgehead atoms. The van der Waals surface area contributed by atoms with E-state index in [0.29, 0.717) is 0 Å². The van der Waals surface area contributed by atoms with E-state index in [2.05, 4.69) is 15.3 Å². The summed E-state index contributed by atoms with van der Waals surface area (Å²) in [6.45, 7) is -0.179. The van der Waals surface area contributed by atoms with Gasteiger partial charge in [0.25, 0.3) is 0 Å². The standard InChI is InChI=1S/C11H16F3N5O/c1-18(2)8-5-7(11(12,13)14)16-10(17-8)15-6-9(20)19(3)4/h5H,6H2,1-4H3,(H,15,16,17). The minimum Gasteiger partial charge on any atom is -0.363 e. The maximum absolute atomic E-state index is 12.7. The second-order valence-electron chi connectivity index (χ2n) is 4.47. The Kier molecular flexibility index (Phi) is 4.74. The Morgan fingerprint density at radius 1 is 1.25 bits per heavy atom. The Labute approximate surface area is 114 Å². The lowest BCUT2D eigenvalue weighted by molar-refractivity contribution is -0.141. The predicted octanol–water partition coefficient (Wildman–Crippen LogP) is 1.06.